The van der Waals surface area contributed by atoms with Gasteiger partial charge in [-0.3, -0.25) is 5.43 Å². The topological polar surface area (TPSA) is 57.0 Å². The van der Waals surface area contributed by atoms with Crippen LogP contribution >= 0.6 is 0 Å². The maximum absolute atomic E-state index is 8.01. The standard InChI is InChI=1S/C8H9N3O.C2H6/c12-10-7-6-9-11-8-4-2-1-3-5-8;1-2/h1-7,11-12H;1-2H3/b9-6-,10-7+;. The molecule has 0 aromatic heterocycles. The van der Waals surface area contributed by atoms with E-state index in [2.05, 4.69) is 15.7 Å². The quantitative estimate of drug-likeness (QED) is 0.440. The highest BCUT2D eigenvalue weighted by molar-refractivity contribution is 6.15. The van der Waals surface area contributed by atoms with Crippen molar-refractivity contribution < 1.29 is 5.21 Å². The molecule has 0 bridgehead atoms. The van der Waals surface area contributed by atoms with Crippen molar-refractivity contribution in [3.05, 3.63) is 30.3 Å². The third-order valence-corrected chi connectivity index (χ3v) is 1.18. The number of hydrogen-bond donors (Lipinski definition) is 2. The van der Waals surface area contributed by atoms with Crippen LogP contribution in [0.15, 0.2) is 40.6 Å². The highest BCUT2D eigenvalue weighted by Gasteiger charge is 1.82. The lowest BCUT2D eigenvalue weighted by atomic mass is 10.3. The van der Waals surface area contributed by atoms with Gasteiger partial charge in [-0.25, -0.2) is 0 Å². The van der Waals surface area contributed by atoms with Gasteiger partial charge in [0.2, 0.25) is 0 Å². The first-order chi connectivity index (χ1) is 6.93. The molecule has 0 radical (unpaired) electrons. The maximum atomic E-state index is 8.01. The molecule has 0 aliphatic rings. The number of anilines is 1. The molecule has 0 heterocycles. The van der Waals surface area contributed by atoms with E-state index in [4.69, 9.17) is 5.21 Å². The molecule has 1 rings (SSSR count). The molecular weight excluding hydrogens is 178 g/mol. The van der Waals surface area contributed by atoms with Crippen molar-refractivity contribution in [3.8, 4) is 0 Å². The fourth-order valence-corrected chi connectivity index (χ4v) is 0.688. The molecule has 4 nitrogen and oxygen atoms in total. The van der Waals surface area contributed by atoms with Crippen molar-refractivity contribution in [2.45, 2.75) is 13.8 Å². The van der Waals surface area contributed by atoms with Gasteiger partial charge >= 0.3 is 0 Å². The lowest BCUT2D eigenvalue weighted by Crippen LogP contribution is -1.88. The molecule has 2 N–H and O–H groups in total. The molecule has 0 atom stereocenters. The van der Waals surface area contributed by atoms with E-state index >= 15 is 0 Å². The second-order valence-electron chi connectivity index (χ2n) is 2.02. The minimum Gasteiger partial charge on any atom is -0.411 e. The Kier molecular flexibility index (Phi) is 8.03. The SMILES string of the molecule is CC.O/N=C/C=N\Nc1ccccc1. The summed E-state index contributed by atoms with van der Waals surface area (Å²) in [5, 5.41) is 14.5. The van der Waals surface area contributed by atoms with Gasteiger partial charge in [0.05, 0.1) is 18.1 Å². The van der Waals surface area contributed by atoms with Gasteiger partial charge in [-0.15, -0.1) is 0 Å². The van der Waals surface area contributed by atoms with Crippen LogP contribution in [0.2, 0.25) is 0 Å². The normalized spacial score (nSPS) is 9.86. The number of hydrogen-bond acceptors (Lipinski definition) is 4. The van der Waals surface area contributed by atoms with Crippen LogP contribution in [0.5, 0.6) is 0 Å². The summed E-state index contributed by atoms with van der Waals surface area (Å²) in [6.45, 7) is 4.00. The fraction of sp³-hybridized carbons (Fsp3) is 0.200. The van der Waals surface area contributed by atoms with E-state index in [9.17, 15) is 0 Å². The van der Waals surface area contributed by atoms with Crippen molar-refractivity contribution in [1.29, 1.82) is 0 Å². The van der Waals surface area contributed by atoms with Gasteiger partial charge in [0.15, 0.2) is 0 Å². The van der Waals surface area contributed by atoms with Crippen LogP contribution in [0.1, 0.15) is 13.8 Å². The summed E-state index contributed by atoms with van der Waals surface area (Å²) >= 11 is 0. The Morgan fingerprint density at radius 1 is 1.14 bits per heavy atom. The molecule has 0 fully saturated rings. The third-order valence-electron chi connectivity index (χ3n) is 1.18. The van der Waals surface area contributed by atoms with Gasteiger partial charge in [-0.2, -0.15) is 5.10 Å². The van der Waals surface area contributed by atoms with E-state index in [0.29, 0.717) is 0 Å². The number of rotatable bonds is 3. The molecule has 0 saturated heterocycles. The van der Waals surface area contributed by atoms with Crippen molar-refractivity contribution in [2.24, 2.45) is 10.3 Å². The van der Waals surface area contributed by atoms with Crippen LogP contribution in [0.25, 0.3) is 0 Å². The van der Waals surface area contributed by atoms with Crippen molar-refractivity contribution in [3.63, 3.8) is 0 Å². The van der Waals surface area contributed by atoms with E-state index < -0.39 is 0 Å². The van der Waals surface area contributed by atoms with E-state index in [1.54, 1.807) is 0 Å². The first-order valence-corrected chi connectivity index (χ1v) is 4.43. The molecule has 0 aliphatic heterocycles. The summed E-state index contributed by atoms with van der Waals surface area (Å²) in [6, 6.07) is 9.49. The average molecular weight is 193 g/mol. The Hall–Kier alpha value is -1.84. The smallest absolute Gasteiger partial charge is 0.0862 e. The highest BCUT2D eigenvalue weighted by atomic mass is 16.4. The molecule has 0 aliphatic carbocycles. The first kappa shape index (κ1) is 12.2. The van der Waals surface area contributed by atoms with Crippen LogP contribution in [0.3, 0.4) is 0 Å². The molecule has 76 valence electrons. The summed E-state index contributed by atoms with van der Waals surface area (Å²) in [5.74, 6) is 0. The lowest BCUT2D eigenvalue weighted by molar-refractivity contribution is 0.322. The van der Waals surface area contributed by atoms with Gasteiger partial charge in [-0.05, 0) is 12.1 Å². The summed E-state index contributed by atoms with van der Waals surface area (Å²) in [4.78, 5) is 0. The van der Waals surface area contributed by atoms with E-state index in [0.717, 1.165) is 5.69 Å². The summed E-state index contributed by atoms with van der Waals surface area (Å²) in [6.07, 6.45) is 2.53. The van der Waals surface area contributed by atoms with Crippen molar-refractivity contribution in [2.75, 3.05) is 5.43 Å². The Morgan fingerprint density at radius 2 is 1.79 bits per heavy atom. The molecule has 0 saturated carbocycles. The molecule has 4 heteroatoms. The Labute approximate surface area is 84.0 Å². The molecule has 0 amide bonds. The largest absolute Gasteiger partial charge is 0.411 e. The lowest BCUT2D eigenvalue weighted by Gasteiger charge is -1.95. The van der Waals surface area contributed by atoms with Crippen LogP contribution in [0, 0.1) is 0 Å². The van der Waals surface area contributed by atoms with Gasteiger partial charge in [-0.1, -0.05) is 37.2 Å². The number of nitrogens with one attached hydrogen (secondary N) is 1. The van der Waals surface area contributed by atoms with Crippen LogP contribution in [-0.2, 0) is 0 Å². The highest BCUT2D eigenvalue weighted by Crippen LogP contribution is 2.03. The van der Waals surface area contributed by atoms with Gasteiger partial charge in [0.1, 0.15) is 0 Å². The van der Waals surface area contributed by atoms with Gasteiger partial charge < -0.3 is 5.21 Å². The first-order valence-electron chi connectivity index (χ1n) is 4.43. The van der Waals surface area contributed by atoms with E-state index in [1.165, 1.54) is 12.4 Å². The minimum absolute atomic E-state index is 0.889. The maximum Gasteiger partial charge on any atom is 0.0862 e. The zero-order valence-corrected chi connectivity index (χ0v) is 8.38. The molecule has 14 heavy (non-hydrogen) atoms. The van der Waals surface area contributed by atoms with Crippen molar-refractivity contribution in [1.82, 2.24) is 0 Å². The predicted octanol–water partition coefficient (Wildman–Crippen LogP) is 2.57. The Bertz CT molecular complexity index is 270. The Morgan fingerprint density at radius 3 is 2.36 bits per heavy atom. The summed E-state index contributed by atoms with van der Waals surface area (Å²) in [7, 11) is 0. The van der Waals surface area contributed by atoms with Crippen LogP contribution in [0.4, 0.5) is 5.69 Å². The summed E-state index contributed by atoms with van der Waals surface area (Å²) in [5.41, 5.74) is 3.64. The molecule has 1 aromatic carbocycles. The number of benzene rings is 1. The second-order valence-corrected chi connectivity index (χ2v) is 2.02. The summed E-state index contributed by atoms with van der Waals surface area (Å²) < 4.78 is 0. The fourth-order valence-electron chi connectivity index (χ4n) is 0.688. The third kappa shape index (κ3) is 5.77. The monoisotopic (exact) mass is 193 g/mol. The number of oxime groups is 1. The zero-order chi connectivity index (χ0) is 10.6. The minimum atomic E-state index is 0.889. The second kappa shape index (κ2) is 9.25. The molecule has 0 spiro atoms. The van der Waals surface area contributed by atoms with E-state index in [1.807, 2.05) is 44.2 Å². The molecule has 0 unspecified atom stereocenters. The average Bonchev–Trinajstić information content (AvgIpc) is 2.29. The number of para-hydroxylation sites is 1. The van der Waals surface area contributed by atoms with Gasteiger partial charge in [0, 0.05) is 0 Å². The Balaban J connectivity index is 0.000000791. The van der Waals surface area contributed by atoms with E-state index in [-0.39, 0.29) is 0 Å². The predicted molar refractivity (Wildman–Crippen MR) is 60.2 cm³/mol. The molecular formula is C10H15N3O. The van der Waals surface area contributed by atoms with Gasteiger partial charge in [0.25, 0.3) is 0 Å². The van der Waals surface area contributed by atoms with Crippen LogP contribution in [-0.4, -0.2) is 17.6 Å². The zero-order valence-electron chi connectivity index (χ0n) is 8.38. The molecule has 1 aromatic rings. The van der Waals surface area contributed by atoms with Crippen LogP contribution < -0.4 is 5.43 Å². The number of nitrogens with zero attached hydrogens (tertiary/aromatic N) is 2. The van der Waals surface area contributed by atoms with Crippen molar-refractivity contribution >= 4 is 18.1 Å². The number of hydrazone groups is 1.